The van der Waals surface area contributed by atoms with E-state index in [2.05, 4.69) is 5.32 Å². The summed E-state index contributed by atoms with van der Waals surface area (Å²) in [7, 11) is 1.66. The maximum atomic E-state index is 12.9. The summed E-state index contributed by atoms with van der Waals surface area (Å²) in [6, 6.07) is 5.41. The van der Waals surface area contributed by atoms with Gasteiger partial charge >= 0.3 is 6.18 Å². The van der Waals surface area contributed by atoms with Gasteiger partial charge in [-0.1, -0.05) is 18.2 Å². The van der Waals surface area contributed by atoms with Crippen molar-refractivity contribution < 1.29 is 17.9 Å². The van der Waals surface area contributed by atoms with Crippen LogP contribution in [0.3, 0.4) is 0 Å². The SMILES string of the molecule is COCCCCCNC(C)c1ccccc1C(F)(F)F. The smallest absolute Gasteiger partial charge is 0.385 e. The van der Waals surface area contributed by atoms with Crippen molar-refractivity contribution in [3.8, 4) is 0 Å². The summed E-state index contributed by atoms with van der Waals surface area (Å²) in [5.74, 6) is 0. The fourth-order valence-corrected chi connectivity index (χ4v) is 2.11. The molecule has 0 bridgehead atoms. The Hall–Kier alpha value is -1.07. The summed E-state index contributed by atoms with van der Waals surface area (Å²) >= 11 is 0. The number of halogens is 3. The number of hydrogen-bond acceptors (Lipinski definition) is 2. The Labute approximate surface area is 118 Å². The zero-order valence-electron chi connectivity index (χ0n) is 12.0. The van der Waals surface area contributed by atoms with Gasteiger partial charge in [-0.3, -0.25) is 0 Å². The third kappa shape index (κ3) is 5.51. The highest BCUT2D eigenvalue weighted by Crippen LogP contribution is 2.34. The van der Waals surface area contributed by atoms with E-state index in [0.717, 1.165) is 31.9 Å². The van der Waals surface area contributed by atoms with Crippen LogP contribution in [0, 0.1) is 0 Å². The highest BCUT2D eigenvalue weighted by atomic mass is 19.4. The van der Waals surface area contributed by atoms with Crippen molar-refractivity contribution in [2.45, 2.75) is 38.4 Å². The van der Waals surface area contributed by atoms with Gasteiger partial charge in [0.2, 0.25) is 0 Å². The number of benzene rings is 1. The summed E-state index contributed by atoms with van der Waals surface area (Å²) in [5, 5.41) is 3.15. The van der Waals surface area contributed by atoms with Gasteiger partial charge in [0.1, 0.15) is 0 Å². The largest absolute Gasteiger partial charge is 0.416 e. The molecule has 0 spiro atoms. The third-order valence-corrected chi connectivity index (χ3v) is 3.21. The number of unbranched alkanes of at least 4 members (excludes halogenated alkanes) is 2. The molecule has 20 heavy (non-hydrogen) atoms. The van der Waals surface area contributed by atoms with Crippen LogP contribution in [-0.4, -0.2) is 20.3 Å². The summed E-state index contributed by atoms with van der Waals surface area (Å²) in [4.78, 5) is 0. The van der Waals surface area contributed by atoms with E-state index in [0.29, 0.717) is 12.1 Å². The molecule has 0 radical (unpaired) electrons. The maximum Gasteiger partial charge on any atom is 0.416 e. The van der Waals surface area contributed by atoms with Crippen molar-refractivity contribution in [3.63, 3.8) is 0 Å². The first kappa shape index (κ1) is 17.0. The van der Waals surface area contributed by atoms with E-state index in [1.165, 1.54) is 12.1 Å². The van der Waals surface area contributed by atoms with Crippen LogP contribution in [0.5, 0.6) is 0 Å². The number of methoxy groups -OCH3 is 1. The number of alkyl halides is 3. The summed E-state index contributed by atoms with van der Waals surface area (Å²) in [6.07, 6.45) is -1.38. The lowest BCUT2D eigenvalue weighted by Gasteiger charge is -2.19. The first-order valence-electron chi connectivity index (χ1n) is 6.85. The van der Waals surface area contributed by atoms with Crippen molar-refractivity contribution in [1.29, 1.82) is 0 Å². The van der Waals surface area contributed by atoms with Gasteiger partial charge in [-0.2, -0.15) is 13.2 Å². The zero-order chi connectivity index (χ0) is 15.0. The number of hydrogen-bond donors (Lipinski definition) is 1. The van der Waals surface area contributed by atoms with Crippen LogP contribution >= 0.6 is 0 Å². The Morgan fingerprint density at radius 3 is 2.50 bits per heavy atom. The Morgan fingerprint density at radius 1 is 1.15 bits per heavy atom. The molecule has 0 amide bonds. The van der Waals surface area contributed by atoms with Crippen LogP contribution in [0.25, 0.3) is 0 Å². The molecule has 1 aromatic rings. The summed E-state index contributed by atoms with van der Waals surface area (Å²) in [6.45, 7) is 3.20. The monoisotopic (exact) mass is 289 g/mol. The van der Waals surface area contributed by atoms with Crippen LogP contribution in [0.4, 0.5) is 13.2 Å². The predicted molar refractivity (Wildman–Crippen MR) is 73.6 cm³/mol. The van der Waals surface area contributed by atoms with Crippen LogP contribution in [0.2, 0.25) is 0 Å². The molecule has 0 fully saturated rings. The molecule has 0 aliphatic carbocycles. The Balaban J connectivity index is 2.49. The van der Waals surface area contributed by atoms with Gasteiger partial charge in [0.05, 0.1) is 5.56 Å². The predicted octanol–water partition coefficient (Wildman–Crippen LogP) is 4.17. The topological polar surface area (TPSA) is 21.3 Å². The fourth-order valence-electron chi connectivity index (χ4n) is 2.11. The molecule has 114 valence electrons. The molecular formula is C15H22F3NO. The number of ether oxygens (including phenoxy) is 1. The molecule has 1 unspecified atom stereocenters. The van der Waals surface area contributed by atoms with Gasteiger partial charge in [0, 0.05) is 19.8 Å². The van der Waals surface area contributed by atoms with Crippen LogP contribution in [0.15, 0.2) is 24.3 Å². The molecule has 2 nitrogen and oxygen atoms in total. The highest BCUT2D eigenvalue weighted by Gasteiger charge is 2.33. The lowest BCUT2D eigenvalue weighted by atomic mass is 10.0. The van der Waals surface area contributed by atoms with E-state index in [9.17, 15) is 13.2 Å². The van der Waals surface area contributed by atoms with Crippen molar-refractivity contribution in [2.24, 2.45) is 0 Å². The normalized spacial score (nSPS) is 13.4. The van der Waals surface area contributed by atoms with E-state index in [4.69, 9.17) is 4.74 Å². The molecule has 0 saturated heterocycles. The highest BCUT2D eigenvalue weighted by molar-refractivity contribution is 5.31. The Morgan fingerprint density at radius 2 is 1.85 bits per heavy atom. The van der Waals surface area contributed by atoms with Gasteiger partial charge in [-0.15, -0.1) is 0 Å². The fraction of sp³-hybridized carbons (Fsp3) is 0.600. The van der Waals surface area contributed by atoms with E-state index < -0.39 is 11.7 Å². The zero-order valence-corrected chi connectivity index (χ0v) is 12.0. The molecule has 0 heterocycles. The quantitative estimate of drug-likeness (QED) is 0.725. The van der Waals surface area contributed by atoms with Crippen molar-refractivity contribution >= 4 is 0 Å². The van der Waals surface area contributed by atoms with Crippen molar-refractivity contribution in [1.82, 2.24) is 5.32 Å². The lowest BCUT2D eigenvalue weighted by Crippen LogP contribution is -2.23. The third-order valence-electron chi connectivity index (χ3n) is 3.21. The second-order valence-corrected chi connectivity index (χ2v) is 4.81. The minimum atomic E-state index is -4.30. The molecule has 1 N–H and O–H groups in total. The minimum Gasteiger partial charge on any atom is -0.385 e. The van der Waals surface area contributed by atoms with Crippen molar-refractivity contribution in [2.75, 3.05) is 20.3 Å². The van der Waals surface area contributed by atoms with Gasteiger partial charge in [-0.05, 0) is 44.4 Å². The molecule has 5 heteroatoms. The molecule has 0 aliphatic rings. The maximum absolute atomic E-state index is 12.9. The van der Waals surface area contributed by atoms with Gasteiger partial charge in [0.25, 0.3) is 0 Å². The summed E-state index contributed by atoms with van der Waals surface area (Å²) < 4.78 is 43.6. The average molecular weight is 289 g/mol. The Bertz CT molecular complexity index is 393. The van der Waals surface area contributed by atoms with Gasteiger partial charge in [-0.25, -0.2) is 0 Å². The molecule has 1 atom stereocenters. The van der Waals surface area contributed by atoms with E-state index >= 15 is 0 Å². The molecule has 0 aromatic heterocycles. The molecule has 0 saturated carbocycles. The second-order valence-electron chi connectivity index (χ2n) is 4.81. The molecule has 0 aliphatic heterocycles. The second kappa shape index (κ2) is 8.27. The van der Waals surface area contributed by atoms with Crippen molar-refractivity contribution in [3.05, 3.63) is 35.4 Å². The van der Waals surface area contributed by atoms with Crippen LogP contribution in [-0.2, 0) is 10.9 Å². The molecule has 1 rings (SSSR count). The van der Waals surface area contributed by atoms with Gasteiger partial charge < -0.3 is 10.1 Å². The number of rotatable bonds is 8. The first-order valence-corrected chi connectivity index (χ1v) is 6.85. The lowest BCUT2D eigenvalue weighted by molar-refractivity contribution is -0.138. The van der Waals surface area contributed by atoms with E-state index in [1.807, 2.05) is 0 Å². The Kier molecular flexibility index (Phi) is 7.02. The van der Waals surface area contributed by atoms with E-state index in [-0.39, 0.29) is 6.04 Å². The molecule has 1 aromatic carbocycles. The van der Waals surface area contributed by atoms with Gasteiger partial charge in [0.15, 0.2) is 0 Å². The molecular weight excluding hydrogens is 267 g/mol. The number of nitrogens with one attached hydrogen (secondary N) is 1. The average Bonchev–Trinajstić information content (AvgIpc) is 2.41. The minimum absolute atomic E-state index is 0.303. The summed E-state index contributed by atoms with van der Waals surface area (Å²) in [5.41, 5.74) is -0.253. The van der Waals surface area contributed by atoms with Crippen LogP contribution < -0.4 is 5.32 Å². The first-order chi connectivity index (χ1) is 9.46. The standard InChI is InChI=1S/C15H22F3NO/c1-12(19-10-6-3-7-11-20-2)13-8-4-5-9-14(13)15(16,17)18/h4-5,8-9,12,19H,3,6-7,10-11H2,1-2H3. The van der Waals surface area contributed by atoms with E-state index in [1.54, 1.807) is 20.1 Å². The van der Waals surface area contributed by atoms with Crippen LogP contribution in [0.1, 0.15) is 43.4 Å².